The van der Waals surface area contributed by atoms with Crippen LogP contribution in [0.3, 0.4) is 0 Å². The first kappa shape index (κ1) is 10.0. The molecule has 0 spiro atoms. The van der Waals surface area contributed by atoms with E-state index in [9.17, 15) is 4.79 Å². The van der Waals surface area contributed by atoms with E-state index in [1.807, 2.05) is 0 Å². The van der Waals surface area contributed by atoms with Crippen LogP contribution in [-0.4, -0.2) is 19.4 Å². The number of nitrogens with zero attached hydrogens (tertiary/aromatic N) is 1. The van der Waals surface area contributed by atoms with Crippen LogP contribution in [0.1, 0.15) is 6.92 Å². The molecular weight excluding hydrogens is 164 g/mol. The van der Waals surface area contributed by atoms with E-state index in [2.05, 4.69) is 14.5 Å². The number of carbonyl (C=O) groups is 1. The number of amides is 1. The average Bonchev–Trinajstić information content (AvgIpc) is 2.09. The summed E-state index contributed by atoms with van der Waals surface area (Å²) in [7, 11) is 1.60. The second-order valence-corrected chi connectivity index (χ2v) is 2.20. The molecule has 4 nitrogen and oxygen atoms in total. The van der Waals surface area contributed by atoms with Gasteiger partial charge in [-0.15, -0.1) is 0 Å². The fourth-order valence-electron chi connectivity index (χ4n) is 0.177. The zero-order valence-corrected chi connectivity index (χ0v) is 7.22. The van der Waals surface area contributed by atoms with Crippen molar-refractivity contribution in [1.82, 2.24) is 5.32 Å². The molecule has 1 N–H and O–H groups in total. The van der Waals surface area contributed by atoms with E-state index in [4.69, 9.17) is 0 Å². The average molecular weight is 174 g/mol. The SMILES string of the molecule is C1=CSOC=N1.CNC(C)=O. The molecule has 1 amide bonds. The van der Waals surface area contributed by atoms with E-state index in [1.54, 1.807) is 18.7 Å². The number of carbonyl (C=O) groups excluding carboxylic acids is 1. The number of aliphatic imine (C=N–C) groups is 1. The van der Waals surface area contributed by atoms with Crippen LogP contribution in [0.4, 0.5) is 0 Å². The van der Waals surface area contributed by atoms with Crippen LogP contribution in [0.25, 0.3) is 0 Å². The van der Waals surface area contributed by atoms with E-state index in [0.717, 1.165) is 0 Å². The van der Waals surface area contributed by atoms with Gasteiger partial charge in [0.15, 0.2) is 6.40 Å². The number of hydrogen-bond acceptors (Lipinski definition) is 4. The van der Waals surface area contributed by atoms with E-state index in [-0.39, 0.29) is 5.91 Å². The van der Waals surface area contributed by atoms with Gasteiger partial charge in [0.25, 0.3) is 0 Å². The van der Waals surface area contributed by atoms with Crippen molar-refractivity contribution >= 4 is 24.4 Å². The zero-order valence-electron chi connectivity index (χ0n) is 6.40. The van der Waals surface area contributed by atoms with Crippen molar-refractivity contribution in [1.29, 1.82) is 0 Å². The summed E-state index contributed by atoms with van der Waals surface area (Å²) in [4.78, 5) is 13.3. The third-order valence-corrected chi connectivity index (χ3v) is 1.14. The second kappa shape index (κ2) is 7.14. The molecule has 0 saturated carbocycles. The highest BCUT2D eigenvalue weighted by atomic mass is 32.2. The van der Waals surface area contributed by atoms with E-state index >= 15 is 0 Å². The molecule has 1 aliphatic rings. The first-order chi connectivity index (χ1) is 5.27. The summed E-state index contributed by atoms with van der Waals surface area (Å²) in [6, 6.07) is 0. The molecule has 0 saturated heterocycles. The highest BCUT2D eigenvalue weighted by Gasteiger charge is 1.78. The molecule has 11 heavy (non-hydrogen) atoms. The lowest BCUT2D eigenvalue weighted by Gasteiger charge is -1.90. The molecule has 0 aromatic heterocycles. The summed E-state index contributed by atoms with van der Waals surface area (Å²) in [6.07, 6.45) is 3.07. The van der Waals surface area contributed by atoms with Crippen molar-refractivity contribution in [2.45, 2.75) is 6.92 Å². The van der Waals surface area contributed by atoms with Gasteiger partial charge >= 0.3 is 0 Å². The predicted molar refractivity (Wildman–Crippen MR) is 46.0 cm³/mol. The first-order valence-electron chi connectivity index (χ1n) is 2.94. The maximum Gasteiger partial charge on any atom is 0.216 e. The topological polar surface area (TPSA) is 50.7 Å². The number of hydrogen-bond donors (Lipinski definition) is 1. The fraction of sp³-hybridized carbons (Fsp3) is 0.333. The molecule has 0 atom stereocenters. The Morgan fingerprint density at radius 1 is 1.73 bits per heavy atom. The standard InChI is InChI=1S/C3H3NOS.C3H7NO/c1-2-6-5-3-4-1;1-3(5)4-2/h1-3H;1-2H3,(H,4,5). The Labute approximate surface area is 69.9 Å². The fourth-order valence-corrected chi connectivity index (χ4v) is 0.460. The van der Waals surface area contributed by atoms with Crippen molar-refractivity contribution in [2.75, 3.05) is 7.05 Å². The van der Waals surface area contributed by atoms with Crippen molar-refractivity contribution in [3.63, 3.8) is 0 Å². The largest absolute Gasteiger partial charge is 0.409 e. The number of nitrogens with one attached hydrogen (secondary N) is 1. The van der Waals surface area contributed by atoms with Crippen LogP contribution in [0.5, 0.6) is 0 Å². The van der Waals surface area contributed by atoms with Gasteiger partial charge in [0.05, 0.1) is 12.0 Å². The molecule has 1 heterocycles. The predicted octanol–water partition coefficient (Wildman–Crippen LogP) is 0.917. The minimum atomic E-state index is 0.00463. The number of rotatable bonds is 0. The summed E-state index contributed by atoms with van der Waals surface area (Å²) in [6.45, 7) is 1.47. The minimum absolute atomic E-state index is 0.00463. The molecule has 0 radical (unpaired) electrons. The minimum Gasteiger partial charge on any atom is -0.409 e. The van der Waals surface area contributed by atoms with E-state index < -0.39 is 0 Å². The Hall–Kier alpha value is -0.970. The molecule has 62 valence electrons. The zero-order chi connectivity index (χ0) is 8.53. The van der Waals surface area contributed by atoms with Gasteiger partial charge in [-0.25, -0.2) is 4.99 Å². The van der Waals surface area contributed by atoms with E-state index in [1.165, 1.54) is 25.4 Å². The van der Waals surface area contributed by atoms with Gasteiger partial charge in [0, 0.05) is 25.6 Å². The van der Waals surface area contributed by atoms with Gasteiger partial charge in [0.2, 0.25) is 5.91 Å². The summed E-state index contributed by atoms with van der Waals surface area (Å²) >= 11 is 1.27. The lowest BCUT2D eigenvalue weighted by atomic mass is 10.7. The second-order valence-electron chi connectivity index (χ2n) is 1.54. The van der Waals surface area contributed by atoms with Crippen LogP contribution in [0.15, 0.2) is 16.6 Å². The Balaban J connectivity index is 0.000000187. The van der Waals surface area contributed by atoms with Gasteiger partial charge in [-0.2, -0.15) is 0 Å². The van der Waals surface area contributed by atoms with Crippen LogP contribution < -0.4 is 5.32 Å². The lowest BCUT2D eigenvalue weighted by Crippen LogP contribution is -2.11. The molecule has 1 aliphatic heterocycles. The smallest absolute Gasteiger partial charge is 0.216 e. The van der Waals surface area contributed by atoms with Crippen molar-refractivity contribution in [2.24, 2.45) is 4.99 Å². The molecule has 0 bridgehead atoms. The Kier molecular flexibility index (Phi) is 6.51. The quantitative estimate of drug-likeness (QED) is 0.555. The highest BCUT2D eigenvalue weighted by molar-refractivity contribution is 7.97. The van der Waals surface area contributed by atoms with E-state index in [0.29, 0.717) is 0 Å². The van der Waals surface area contributed by atoms with Crippen LogP contribution in [0, 0.1) is 0 Å². The van der Waals surface area contributed by atoms with Gasteiger partial charge in [-0.05, 0) is 0 Å². The molecule has 0 fully saturated rings. The monoisotopic (exact) mass is 174 g/mol. The van der Waals surface area contributed by atoms with Crippen molar-refractivity contribution in [3.8, 4) is 0 Å². The van der Waals surface area contributed by atoms with Crippen molar-refractivity contribution < 1.29 is 8.98 Å². The maximum absolute atomic E-state index is 9.70. The van der Waals surface area contributed by atoms with Gasteiger partial charge in [-0.3, -0.25) is 4.79 Å². The summed E-state index contributed by atoms with van der Waals surface area (Å²) in [5.41, 5.74) is 0. The van der Waals surface area contributed by atoms with Crippen molar-refractivity contribution in [3.05, 3.63) is 11.6 Å². The molecular formula is C6H10N2O2S. The normalized spacial score (nSPS) is 12.5. The molecule has 0 unspecified atom stereocenters. The summed E-state index contributed by atoms with van der Waals surface area (Å²) < 4.78 is 4.61. The molecule has 0 aromatic rings. The van der Waals surface area contributed by atoms with Crippen LogP contribution in [0.2, 0.25) is 0 Å². The lowest BCUT2D eigenvalue weighted by molar-refractivity contribution is -0.118. The highest BCUT2D eigenvalue weighted by Crippen LogP contribution is 2.04. The summed E-state index contributed by atoms with van der Waals surface area (Å²) in [5.74, 6) is 0.00463. The third kappa shape index (κ3) is 9.03. The maximum atomic E-state index is 9.70. The van der Waals surface area contributed by atoms with Crippen LogP contribution in [-0.2, 0) is 8.98 Å². The Bertz CT molecular complexity index is 156. The first-order valence-corrected chi connectivity index (χ1v) is 3.75. The van der Waals surface area contributed by atoms with Crippen LogP contribution >= 0.6 is 12.0 Å². The van der Waals surface area contributed by atoms with Gasteiger partial charge in [0.1, 0.15) is 0 Å². The molecule has 0 aliphatic carbocycles. The molecule has 1 rings (SSSR count). The third-order valence-electron chi connectivity index (χ3n) is 0.714. The molecule has 5 heteroatoms. The van der Waals surface area contributed by atoms with Gasteiger partial charge < -0.3 is 9.50 Å². The summed E-state index contributed by atoms with van der Waals surface area (Å²) in [5, 5.41) is 4.15. The van der Waals surface area contributed by atoms with Gasteiger partial charge in [-0.1, -0.05) is 0 Å². The Morgan fingerprint density at radius 3 is 2.45 bits per heavy atom. The Morgan fingerprint density at radius 2 is 2.36 bits per heavy atom. The molecule has 0 aromatic carbocycles.